The third-order valence-corrected chi connectivity index (χ3v) is 8.88. The molecule has 2 atom stereocenters. The Labute approximate surface area is 247 Å². The van der Waals surface area contributed by atoms with E-state index in [2.05, 4.69) is 36.9 Å². The number of carbonyl (C=O) groups excluding carboxylic acids is 1. The summed E-state index contributed by atoms with van der Waals surface area (Å²) in [4.78, 5) is 33.2. The van der Waals surface area contributed by atoms with Crippen molar-refractivity contribution in [2.75, 3.05) is 24.5 Å². The minimum absolute atomic E-state index is 0.207. The number of rotatable bonds is 6. The van der Waals surface area contributed by atoms with Crippen LogP contribution >= 0.6 is 0 Å². The molecular formula is C34H39N3O5. The van der Waals surface area contributed by atoms with Gasteiger partial charge in [0.15, 0.2) is 0 Å². The number of carbonyl (C=O) groups is 2. The summed E-state index contributed by atoms with van der Waals surface area (Å²) >= 11 is 0. The monoisotopic (exact) mass is 569 g/mol. The number of anilines is 1. The lowest BCUT2D eigenvalue weighted by Crippen LogP contribution is -2.40. The predicted molar refractivity (Wildman–Crippen MR) is 161 cm³/mol. The van der Waals surface area contributed by atoms with Gasteiger partial charge in [-0.3, -0.25) is 4.79 Å². The van der Waals surface area contributed by atoms with Crippen LogP contribution in [0.1, 0.15) is 55.0 Å². The highest BCUT2D eigenvalue weighted by atomic mass is 16.6. The second kappa shape index (κ2) is 10.3. The van der Waals surface area contributed by atoms with Crippen LogP contribution in [0, 0.1) is 25.2 Å². The topological polar surface area (TPSA) is 92.2 Å². The first kappa shape index (κ1) is 28.1. The number of nitrogens with zero attached hydrogens (tertiary/aromatic N) is 3. The minimum atomic E-state index is -0.696. The Kier molecular flexibility index (Phi) is 6.90. The van der Waals surface area contributed by atoms with Gasteiger partial charge < -0.3 is 24.4 Å². The highest BCUT2D eigenvalue weighted by Crippen LogP contribution is 2.58. The Morgan fingerprint density at radius 1 is 1.12 bits per heavy atom. The van der Waals surface area contributed by atoms with Crippen LogP contribution in [0.4, 0.5) is 10.6 Å². The Morgan fingerprint density at radius 2 is 1.93 bits per heavy atom. The molecule has 1 saturated heterocycles. The molecule has 8 nitrogen and oxygen atoms in total. The van der Waals surface area contributed by atoms with Crippen LogP contribution < -0.4 is 9.64 Å². The average molecular weight is 570 g/mol. The van der Waals surface area contributed by atoms with Gasteiger partial charge in [-0.25, -0.2) is 9.78 Å². The van der Waals surface area contributed by atoms with Crippen LogP contribution in [0.25, 0.3) is 11.3 Å². The van der Waals surface area contributed by atoms with Crippen LogP contribution in [0.3, 0.4) is 0 Å². The summed E-state index contributed by atoms with van der Waals surface area (Å²) in [5.74, 6) is 1.07. The van der Waals surface area contributed by atoms with E-state index >= 15 is 0 Å². The van der Waals surface area contributed by atoms with Gasteiger partial charge in [-0.15, -0.1) is 0 Å². The predicted octanol–water partition coefficient (Wildman–Crippen LogP) is 6.15. The lowest BCUT2D eigenvalue weighted by atomic mass is 9.92. The summed E-state index contributed by atoms with van der Waals surface area (Å²) in [6, 6.07) is 16.2. The second-order valence-electron chi connectivity index (χ2n) is 13.1. The molecule has 2 aromatic carbocycles. The number of aliphatic carboxylic acids is 1. The highest BCUT2D eigenvalue weighted by molar-refractivity contribution is 5.81. The number of ether oxygens (including phenoxy) is 2. The number of carboxylic acids is 1. The van der Waals surface area contributed by atoms with E-state index in [0.29, 0.717) is 26.2 Å². The molecule has 0 bridgehead atoms. The molecule has 42 heavy (non-hydrogen) atoms. The van der Waals surface area contributed by atoms with E-state index in [4.69, 9.17) is 14.5 Å². The number of aromatic nitrogens is 1. The standard InChI is InChI=1S/C34H39N3O5/c1-21-9-12-29(27(15-21)28-7-6-8-30(35-28)37-18-25-16-34(25,20-37)31(38)39)41-19-24-11-10-23-17-36(14-13-26(23)22(24)2)32(40)42-33(3,4)5/h6-12,15,25H,13-14,16-20H2,1-5H3,(H,38,39)/t25-,34-/m0/s1. The van der Waals surface area contributed by atoms with Gasteiger partial charge in [0.1, 0.15) is 23.8 Å². The number of carboxylic acid groups (broad SMARTS) is 1. The summed E-state index contributed by atoms with van der Waals surface area (Å²) in [7, 11) is 0. The first-order valence-electron chi connectivity index (χ1n) is 14.7. The molecule has 1 aromatic heterocycles. The van der Waals surface area contributed by atoms with Crippen LogP contribution in [-0.4, -0.2) is 52.3 Å². The van der Waals surface area contributed by atoms with Crippen molar-refractivity contribution in [2.24, 2.45) is 11.3 Å². The summed E-state index contributed by atoms with van der Waals surface area (Å²) in [5.41, 5.74) is 6.45. The van der Waals surface area contributed by atoms with E-state index in [1.54, 1.807) is 4.90 Å². The van der Waals surface area contributed by atoms with Crippen molar-refractivity contribution in [3.05, 3.63) is 76.3 Å². The van der Waals surface area contributed by atoms with Crippen molar-refractivity contribution in [2.45, 2.75) is 66.2 Å². The van der Waals surface area contributed by atoms with Gasteiger partial charge >= 0.3 is 12.1 Å². The number of hydrogen-bond acceptors (Lipinski definition) is 6. The molecule has 1 amide bonds. The van der Waals surface area contributed by atoms with Gasteiger partial charge in [-0.2, -0.15) is 0 Å². The molecule has 3 aliphatic rings. The number of aryl methyl sites for hydroxylation is 1. The molecule has 0 spiro atoms. The summed E-state index contributed by atoms with van der Waals surface area (Å²) in [6.45, 7) is 12.7. The van der Waals surface area contributed by atoms with E-state index < -0.39 is 17.0 Å². The molecule has 1 aliphatic carbocycles. The first-order chi connectivity index (χ1) is 19.9. The third kappa shape index (κ3) is 5.30. The van der Waals surface area contributed by atoms with Gasteiger partial charge in [-0.05, 0) is 99.9 Å². The SMILES string of the molecule is Cc1ccc(OCc2ccc3c(c2C)CCN(C(=O)OC(C)(C)C)C3)c(-c2cccc(N3C[C@@H]4C[C@]4(C(=O)O)C3)n2)c1. The molecule has 2 fully saturated rings. The largest absolute Gasteiger partial charge is 0.488 e. The quantitative estimate of drug-likeness (QED) is 0.381. The molecule has 220 valence electrons. The van der Waals surface area contributed by atoms with Gasteiger partial charge in [-0.1, -0.05) is 29.8 Å². The maximum atomic E-state index is 12.6. The Morgan fingerprint density at radius 3 is 2.67 bits per heavy atom. The molecule has 3 aromatic rings. The van der Waals surface area contributed by atoms with Crippen LogP contribution in [0.2, 0.25) is 0 Å². The Hall–Kier alpha value is -4.07. The number of piperidine rings is 1. The number of hydrogen-bond donors (Lipinski definition) is 1. The zero-order chi connectivity index (χ0) is 29.8. The average Bonchev–Trinajstić information content (AvgIpc) is 3.52. The fraction of sp³-hybridized carbons (Fsp3) is 0.441. The van der Waals surface area contributed by atoms with E-state index in [1.165, 1.54) is 11.1 Å². The van der Waals surface area contributed by atoms with Crippen molar-refractivity contribution in [3.8, 4) is 17.0 Å². The molecule has 6 rings (SSSR count). The number of amides is 1. The normalized spacial score (nSPS) is 21.0. The number of pyridine rings is 1. The van der Waals surface area contributed by atoms with E-state index in [9.17, 15) is 14.7 Å². The molecule has 1 N–H and O–H groups in total. The highest BCUT2D eigenvalue weighted by Gasteiger charge is 2.65. The van der Waals surface area contributed by atoms with E-state index in [1.807, 2.05) is 51.1 Å². The maximum Gasteiger partial charge on any atom is 0.410 e. The third-order valence-electron chi connectivity index (χ3n) is 8.88. The zero-order valence-electron chi connectivity index (χ0n) is 25.1. The molecule has 8 heteroatoms. The lowest BCUT2D eigenvalue weighted by molar-refractivity contribution is -0.143. The molecular weight excluding hydrogens is 530 g/mol. The van der Waals surface area contributed by atoms with Crippen LogP contribution in [0.5, 0.6) is 5.75 Å². The van der Waals surface area contributed by atoms with Gasteiger partial charge in [0, 0.05) is 31.7 Å². The van der Waals surface area contributed by atoms with Gasteiger partial charge in [0.25, 0.3) is 0 Å². The molecule has 0 radical (unpaired) electrons. The maximum absolute atomic E-state index is 12.6. The van der Waals surface area contributed by atoms with Crippen molar-refractivity contribution < 1.29 is 24.2 Å². The molecule has 3 heterocycles. The van der Waals surface area contributed by atoms with E-state index in [-0.39, 0.29) is 12.0 Å². The second-order valence-corrected chi connectivity index (χ2v) is 13.1. The van der Waals surface area contributed by atoms with Crippen LogP contribution in [-0.2, 0) is 29.1 Å². The molecule has 0 unspecified atom stereocenters. The Bertz CT molecular complexity index is 1560. The lowest BCUT2D eigenvalue weighted by Gasteiger charge is -2.32. The summed E-state index contributed by atoms with van der Waals surface area (Å²) in [5, 5.41) is 9.70. The minimum Gasteiger partial charge on any atom is -0.488 e. The fourth-order valence-corrected chi connectivity index (χ4v) is 6.39. The summed E-state index contributed by atoms with van der Waals surface area (Å²) in [6.07, 6.45) is 1.27. The number of benzene rings is 2. The van der Waals surface area contributed by atoms with Crippen molar-refractivity contribution >= 4 is 17.9 Å². The molecule has 2 aliphatic heterocycles. The van der Waals surface area contributed by atoms with Crippen LogP contribution in [0.15, 0.2) is 48.5 Å². The molecule has 1 saturated carbocycles. The van der Waals surface area contributed by atoms with E-state index in [0.717, 1.165) is 58.9 Å². The van der Waals surface area contributed by atoms with Gasteiger partial charge in [0.2, 0.25) is 0 Å². The van der Waals surface area contributed by atoms with Gasteiger partial charge in [0.05, 0.1) is 11.1 Å². The smallest absolute Gasteiger partial charge is 0.410 e. The van der Waals surface area contributed by atoms with Crippen molar-refractivity contribution in [1.82, 2.24) is 9.88 Å². The first-order valence-corrected chi connectivity index (χ1v) is 14.7. The Balaban J connectivity index is 1.18. The van der Waals surface area contributed by atoms with Crippen molar-refractivity contribution in [3.63, 3.8) is 0 Å². The summed E-state index contributed by atoms with van der Waals surface area (Å²) < 4.78 is 12.0. The van der Waals surface area contributed by atoms with Crippen molar-refractivity contribution in [1.29, 1.82) is 0 Å². The zero-order valence-corrected chi connectivity index (χ0v) is 25.1. The fourth-order valence-electron chi connectivity index (χ4n) is 6.39. The number of fused-ring (bicyclic) bond motifs is 2.